The van der Waals surface area contributed by atoms with E-state index in [-0.39, 0.29) is 30.6 Å². The van der Waals surface area contributed by atoms with Gasteiger partial charge < -0.3 is 14.8 Å². The van der Waals surface area contributed by atoms with Crippen molar-refractivity contribution in [2.24, 2.45) is 5.92 Å². The van der Waals surface area contributed by atoms with Crippen LogP contribution in [-0.2, 0) is 20.9 Å². The molecule has 0 saturated carbocycles. The van der Waals surface area contributed by atoms with Crippen molar-refractivity contribution in [3.8, 4) is 0 Å². The summed E-state index contributed by atoms with van der Waals surface area (Å²) in [4.78, 5) is 23.3. The average Bonchev–Trinajstić information content (AvgIpc) is 2.77. The molecule has 1 saturated heterocycles. The number of ether oxygens (including phenoxy) is 2. The minimum Gasteiger partial charge on any atom is -0.458 e. The Morgan fingerprint density at radius 3 is 2.90 bits per heavy atom. The molecule has 1 amide bonds. The van der Waals surface area contributed by atoms with Crippen LogP contribution in [-0.4, -0.2) is 24.2 Å². The van der Waals surface area contributed by atoms with Gasteiger partial charge in [0.15, 0.2) is 0 Å². The second-order valence-electron chi connectivity index (χ2n) is 4.93. The van der Waals surface area contributed by atoms with Crippen LogP contribution in [0.4, 0.5) is 4.79 Å². The third-order valence-electron chi connectivity index (χ3n) is 3.52. The van der Waals surface area contributed by atoms with E-state index >= 15 is 0 Å². The van der Waals surface area contributed by atoms with Gasteiger partial charge in [-0.15, -0.1) is 0 Å². The molecule has 1 aromatic carbocycles. The van der Waals surface area contributed by atoms with Crippen LogP contribution in [0.2, 0.25) is 0 Å². The zero-order valence-electron chi connectivity index (χ0n) is 10.8. The molecule has 3 atom stereocenters. The lowest BCUT2D eigenvalue weighted by molar-refractivity contribution is -0.142. The molecule has 1 unspecified atom stereocenters. The summed E-state index contributed by atoms with van der Waals surface area (Å²) in [5.74, 6) is -0.553. The Hall–Kier alpha value is -2.30. The molecule has 5 nitrogen and oxygen atoms in total. The fraction of sp³-hybridized carbons (Fsp3) is 0.333. The van der Waals surface area contributed by atoms with Crippen LogP contribution in [0.3, 0.4) is 0 Å². The number of esters is 1. The summed E-state index contributed by atoms with van der Waals surface area (Å²) in [7, 11) is 0. The molecule has 2 bridgehead atoms. The lowest BCUT2D eigenvalue weighted by Gasteiger charge is -2.20. The maximum Gasteiger partial charge on any atom is 0.407 e. The van der Waals surface area contributed by atoms with E-state index in [2.05, 4.69) is 5.32 Å². The minimum absolute atomic E-state index is 0.133. The Morgan fingerprint density at radius 1 is 1.30 bits per heavy atom. The van der Waals surface area contributed by atoms with E-state index in [1.54, 1.807) is 6.08 Å². The maximum atomic E-state index is 11.7. The van der Waals surface area contributed by atoms with Crippen molar-refractivity contribution in [2.45, 2.75) is 25.2 Å². The van der Waals surface area contributed by atoms with Gasteiger partial charge in [-0.3, -0.25) is 4.79 Å². The Balaban J connectivity index is 1.53. The van der Waals surface area contributed by atoms with Crippen molar-refractivity contribution in [3.05, 3.63) is 48.0 Å². The SMILES string of the molecule is O=C(NC1C=C[C@H]2C[C@@H]1C(=O)O2)OCc1ccccc1. The van der Waals surface area contributed by atoms with E-state index in [0.29, 0.717) is 6.42 Å². The van der Waals surface area contributed by atoms with Gasteiger partial charge in [0.2, 0.25) is 0 Å². The van der Waals surface area contributed by atoms with Crippen molar-refractivity contribution in [3.63, 3.8) is 0 Å². The Kier molecular flexibility index (Phi) is 3.41. The van der Waals surface area contributed by atoms with Gasteiger partial charge in [0.1, 0.15) is 12.7 Å². The molecule has 1 fully saturated rings. The summed E-state index contributed by atoms with van der Waals surface area (Å²) >= 11 is 0. The third kappa shape index (κ3) is 2.66. The molecule has 3 rings (SSSR count). The van der Waals surface area contributed by atoms with E-state index in [9.17, 15) is 9.59 Å². The zero-order chi connectivity index (χ0) is 13.9. The van der Waals surface area contributed by atoms with Gasteiger partial charge in [0, 0.05) is 6.42 Å². The number of rotatable bonds is 3. The Labute approximate surface area is 116 Å². The van der Waals surface area contributed by atoms with Crippen molar-refractivity contribution >= 4 is 12.1 Å². The highest BCUT2D eigenvalue weighted by Crippen LogP contribution is 2.30. The molecule has 104 valence electrons. The lowest BCUT2D eigenvalue weighted by atomic mass is 9.91. The van der Waals surface area contributed by atoms with Crippen molar-refractivity contribution < 1.29 is 19.1 Å². The van der Waals surface area contributed by atoms with Crippen LogP contribution in [0.5, 0.6) is 0 Å². The van der Waals surface area contributed by atoms with Gasteiger partial charge in [-0.05, 0) is 11.6 Å². The fourth-order valence-corrected chi connectivity index (χ4v) is 2.47. The highest BCUT2D eigenvalue weighted by molar-refractivity contribution is 5.78. The Bertz CT molecular complexity index is 540. The molecule has 1 aliphatic carbocycles. The number of hydrogen-bond donors (Lipinski definition) is 1. The van der Waals surface area contributed by atoms with E-state index in [1.165, 1.54) is 0 Å². The van der Waals surface area contributed by atoms with Crippen LogP contribution in [0.15, 0.2) is 42.5 Å². The number of alkyl carbamates (subject to hydrolysis) is 1. The predicted molar refractivity (Wildman–Crippen MR) is 70.7 cm³/mol. The lowest BCUT2D eigenvalue weighted by Crippen LogP contribution is -2.41. The van der Waals surface area contributed by atoms with E-state index < -0.39 is 6.09 Å². The molecule has 0 aromatic heterocycles. The quantitative estimate of drug-likeness (QED) is 0.673. The summed E-state index contributed by atoms with van der Waals surface area (Å²) in [5.41, 5.74) is 0.919. The number of hydrogen-bond acceptors (Lipinski definition) is 4. The molecular weight excluding hydrogens is 258 g/mol. The van der Waals surface area contributed by atoms with Gasteiger partial charge in [0.05, 0.1) is 12.0 Å². The first kappa shape index (κ1) is 12.7. The summed E-state index contributed by atoms with van der Waals surface area (Å²) in [5, 5.41) is 2.70. The molecule has 20 heavy (non-hydrogen) atoms. The molecule has 5 heteroatoms. The molecule has 1 aromatic rings. The number of nitrogens with one attached hydrogen (secondary N) is 1. The van der Waals surface area contributed by atoms with Gasteiger partial charge in [-0.25, -0.2) is 4.79 Å². The smallest absolute Gasteiger partial charge is 0.407 e. The van der Waals surface area contributed by atoms with Crippen LogP contribution in [0.25, 0.3) is 0 Å². The largest absolute Gasteiger partial charge is 0.458 e. The molecule has 2 aliphatic rings. The van der Waals surface area contributed by atoms with E-state index in [1.807, 2.05) is 36.4 Å². The van der Waals surface area contributed by atoms with Crippen LogP contribution in [0, 0.1) is 5.92 Å². The first-order chi connectivity index (χ1) is 9.72. The van der Waals surface area contributed by atoms with Crippen molar-refractivity contribution in [2.75, 3.05) is 0 Å². The second-order valence-corrected chi connectivity index (χ2v) is 4.93. The van der Waals surface area contributed by atoms with Gasteiger partial charge in [-0.1, -0.05) is 36.4 Å². The molecule has 0 radical (unpaired) electrons. The predicted octanol–water partition coefficient (Wildman–Crippen LogP) is 1.78. The van der Waals surface area contributed by atoms with Gasteiger partial charge >= 0.3 is 12.1 Å². The molecule has 1 aliphatic heterocycles. The van der Waals surface area contributed by atoms with Crippen molar-refractivity contribution in [1.29, 1.82) is 0 Å². The number of amides is 1. The third-order valence-corrected chi connectivity index (χ3v) is 3.52. The standard InChI is InChI=1S/C15H15NO4/c17-14-12-8-11(20-14)6-7-13(12)16-15(18)19-9-10-4-2-1-3-5-10/h1-7,11-13H,8-9H2,(H,16,18)/t11-,12-,13?/m0/s1. The average molecular weight is 273 g/mol. The molecule has 1 heterocycles. The topological polar surface area (TPSA) is 64.6 Å². The highest BCUT2D eigenvalue weighted by Gasteiger charge is 2.41. The normalized spacial score (nSPS) is 27.0. The zero-order valence-corrected chi connectivity index (χ0v) is 10.8. The molecule has 1 N–H and O–H groups in total. The van der Waals surface area contributed by atoms with E-state index in [4.69, 9.17) is 9.47 Å². The summed E-state index contributed by atoms with van der Waals surface area (Å²) in [6, 6.07) is 9.09. The first-order valence-electron chi connectivity index (χ1n) is 6.58. The molecule has 0 spiro atoms. The monoisotopic (exact) mass is 273 g/mol. The minimum atomic E-state index is -0.526. The van der Waals surface area contributed by atoms with Crippen LogP contribution >= 0.6 is 0 Å². The van der Waals surface area contributed by atoms with Gasteiger partial charge in [-0.2, -0.15) is 0 Å². The summed E-state index contributed by atoms with van der Waals surface area (Å²) < 4.78 is 10.2. The fourth-order valence-electron chi connectivity index (χ4n) is 2.47. The van der Waals surface area contributed by atoms with Crippen LogP contribution < -0.4 is 5.32 Å². The van der Waals surface area contributed by atoms with Crippen molar-refractivity contribution in [1.82, 2.24) is 5.32 Å². The van der Waals surface area contributed by atoms with Crippen LogP contribution in [0.1, 0.15) is 12.0 Å². The number of carbonyl (C=O) groups excluding carboxylic acids is 2. The first-order valence-corrected chi connectivity index (χ1v) is 6.58. The summed E-state index contributed by atoms with van der Waals surface area (Å²) in [6.07, 6.45) is 3.57. The highest BCUT2D eigenvalue weighted by atomic mass is 16.6. The number of carbonyl (C=O) groups is 2. The maximum absolute atomic E-state index is 11.7. The second kappa shape index (κ2) is 5.36. The number of benzene rings is 1. The molecular formula is C15H15NO4. The summed E-state index contributed by atoms with van der Waals surface area (Å²) in [6.45, 7) is 0.209. The van der Waals surface area contributed by atoms with Gasteiger partial charge in [0.25, 0.3) is 0 Å². The Morgan fingerprint density at radius 2 is 2.10 bits per heavy atom. The number of fused-ring (bicyclic) bond motifs is 2. The van der Waals surface area contributed by atoms with E-state index in [0.717, 1.165) is 5.56 Å².